The number of Topliss-reactive ketones (excluding diaryl/α,β-unsaturated/α-hetero) is 1. The Hall–Kier alpha value is -1.73. The van der Waals surface area contributed by atoms with E-state index in [9.17, 15) is 76.3 Å². The molecule has 0 amide bonds. The van der Waals surface area contributed by atoms with Crippen LogP contribution in [0.25, 0.3) is 0 Å². The standard InChI is InChI=1S/C51H82O23/c1-20(2)21(3)6-7-22(15-52)26-14-27(56)33-23-8-9-25-34(58)29(11-13-50(25,4)24(23)10-12-51(26,33)5)68-48-42(66)44(43(32(18-55)71-48)72-46-40(64)38(62)36(60)30(16-53)69-46)73-49-45(35(59)28(57)19-67-49)74-47-41(65)39(63)37(61)31(17-54)70-47/h9,20,22-24,26,28-49,52-55,57-66H,3,6-8,10-19H2,1-2,4-5H3. The summed E-state index contributed by atoms with van der Waals surface area (Å²) < 4.78 is 47.7. The summed E-state index contributed by atoms with van der Waals surface area (Å²) in [5.74, 6) is 0.368. The molecule has 0 aromatic rings. The van der Waals surface area contributed by atoms with Gasteiger partial charge in [0, 0.05) is 18.9 Å². The predicted octanol–water partition coefficient (Wildman–Crippen LogP) is -3.39. The molecule has 0 spiro atoms. The Bertz CT molecular complexity index is 1940. The van der Waals surface area contributed by atoms with Gasteiger partial charge < -0.3 is 109 Å². The van der Waals surface area contributed by atoms with Gasteiger partial charge in [-0.3, -0.25) is 4.79 Å². The maximum absolute atomic E-state index is 14.2. The van der Waals surface area contributed by atoms with Crippen LogP contribution in [-0.2, 0) is 42.7 Å². The highest BCUT2D eigenvalue weighted by molar-refractivity contribution is 5.85. The number of fused-ring (bicyclic) bond motifs is 5. The summed E-state index contributed by atoms with van der Waals surface area (Å²) in [5, 5.41) is 152. The lowest BCUT2D eigenvalue weighted by atomic mass is 9.46. The van der Waals surface area contributed by atoms with E-state index in [1.54, 1.807) is 0 Å². The Morgan fingerprint density at radius 1 is 0.689 bits per heavy atom. The molecule has 424 valence electrons. The van der Waals surface area contributed by atoms with E-state index in [0.717, 1.165) is 36.8 Å². The fraction of sp³-hybridized carbons (Fsp3) is 0.902. The van der Waals surface area contributed by atoms with Crippen molar-refractivity contribution in [2.75, 3.05) is 33.0 Å². The van der Waals surface area contributed by atoms with Crippen LogP contribution in [0.15, 0.2) is 23.8 Å². The van der Waals surface area contributed by atoms with E-state index >= 15 is 0 Å². The van der Waals surface area contributed by atoms with Crippen molar-refractivity contribution in [3.05, 3.63) is 23.8 Å². The van der Waals surface area contributed by atoms with Crippen molar-refractivity contribution in [3.63, 3.8) is 0 Å². The van der Waals surface area contributed by atoms with Crippen LogP contribution in [0.4, 0.5) is 0 Å². The fourth-order valence-electron chi connectivity index (χ4n) is 14.0. The summed E-state index contributed by atoms with van der Waals surface area (Å²) >= 11 is 0. The van der Waals surface area contributed by atoms with Gasteiger partial charge in [0.1, 0.15) is 103 Å². The van der Waals surface area contributed by atoms with Crippen molar-refractivity contribution in [2.24, 2.45) is 46.3 Å². The molecule has 23 nitrogen and oxygen atoms in total. The molecule has 4 heterocycles. The minimum absolute atomic E-state index is 0.00552. The molecule has 7 fully saturated rings. The van der Waals surface area contributed by atoms with Gasteiger partial charge in [0.25, 0.3) is 0 Å². The molecule has 8 rings (SSSR count). The number of aliphatic hydroxyl groups excluding tert-OH is 14. The Kier molecular flexibility index (Phi) is 18.6. The van der Waals surface area contributed by atoms with E-state index in [2.05, 4.69) is 34.3 Å². The zero-order valence-corrected chi connectivity index (χ0v) is 42.5. The SMILES string of the molecule is C=C(CCC(CO)C1CC(=O)C2C3CC=C4C(O)C(OC5OC(CO)C(OC6OC(CO)C(O)C(O)C6O)C(OC6OCC(O)C(O)C6OC6OC(CO)C(O)C(O)C6O)C5O)CCC4(C)C3CCC12C)C(C)C. The number of rotatable bonds is 17. The Morgan fingerprint density at radius 2 is 1.26 bits per heavy atom. The van der Waals surface area contributed by atoms with E-state index in [4.69, 9.17) is 37.9 Å². The first-order valence-electron chi connectivity index (χ1n) is 26.4. The van der Waals surface area contributed by atoms with E-state index in [-0.39, 0.29) is 53.8 Å². The van der Waals surface area contributed by atoms with Gasteiger partial charge in [0.2, 0.25) is 0 Å². The van der Waals surface area contributed by atoms with Crippen molar-refractivity contribution in [2.45, 2.75) is 208 Å². The molecule has 4 saturated heterocycles. The number of ketones is 1. The molecular weight excluding hydrogens is 981 g/mol. The first kappa shape index (κ1) is 58.4. The summed E-state index contributed by atoms with van der Waals surface area (Å²) in [5.41, 5.74) is 0.997. The molecule has 4 aliphatic heterocycles. The molecule has 28 atom stereocenters. The van der Waals surface area contributed by atoms with Crippen LogP contribution >= 0.6 is 0 Å². The van der Waals surface area contributed by atoms with Crippen molar-refractivity contribution in [3.8, 4) is 0 Å². The number of ether oxygens (including phenoxy) is 8. The summed E-state index contributed by atoms with van der Waals surface area (Å²) in [6, 6.07) is 0. The molecule has 28 unspecified atom stereocenters. The second kappa shape index (κ2) is 23.5. The molecule has 3 saturated carbocycles. The summed E-state index contributed by atoms with van der Waals surface area (Å²) in [6.07, 6.45) is -29.4. The molecular formula is C51H82O23. The number of hydrogen-bond acceptors (Lipinski definition) is 23. The van der Waals surface area contributed by atoms with Gasteiger partial charge in [-0.25, -0.2) is 0 Å². The molecule has 74 heavy (non-hydrogen) atoms. The number of aliphatic hydroxyl groups is 14. The van der Waals surface area contributed by atoms with Crippen LogP contribution in [0.3, 0.4) is 0 Å². The van der Waals surface area contributed by atoms with Crippen LogP contribution in [-0.4, -0.2) is 239 Å². The third-order valence-corrected chi connectivity index (χ3v) is 18.5. The zero-order valence-electron chi connectivity index (χ0n) is 42.5. The van der Waals surface area contributed by atoms with Crippen LogP contribution < -0.4 is 0 Å². The Balaban J connectivity index is 1.03. The van der Waals surface area contributed by atoms with E-state index in [0.29, 0.717) is 25.2 Å². The first-order chi connectivity index (χ1) is 35.0. The Labute approximate surface area is 430 Å². The van der Waals surface area contributed by atoms with Crippen LogP contribution in [0.2, 0.25) is 0 Å². The molecule has 0 radical (unpaired) electrons. The number of carbonyl (C=O) groups is 1. The maximum Gasteiger partial charge on any atom is 0.187 e. The molecule has 0 aromatic heterocycles. The van der Waals surface area contributed by atoms with Crippen LogP contribution in [0.1, 0.15) is 79.1 Å². The molecule has 4 aliphatic carbocycles. The predicted molar refractivity (Wildman–Crippen MR) is 251 cm³/mol. The summed E-state index contributed by atoms with van der Waals surface area (Å²) in [7, 11) is 0. The van der Waals surface area contributed by atoms with Crippen molar-refractivity contribution in [1.82, 2.24) is 0 Å². The molecule has 8 aliphatic rings. The first-order valence-corrected chi connectivity index (χ1v) is 26.4. The quantitative estimate of drug-likeness (QED) is 0.0632. The fourth-order valence-corrected chi connectivity index (χ4v) is 14.0. The van der Waals surface area contributed by atoms with Gasteiger partial charge in [-0.15, -0.1) is 0 Å². The Morgan fingerprint density at radius 3 is 1.84 bits per heavy atom. The highest BCUT2D eigenvalue weighted by atomic mass is 16.8. The van der Waals surface area contributed by atoms with Gasteiger partial charge >= 0.3 is 0 Å². The third-order valence-electron chi connectivity index (χ3n) is 18.5. The minimum Gasteiger partial charge on any atom is -0.396 e. The number of hydrogen-bond donors (Lipinski definition) is 14. The van der Waals surface area contributed by atoms with Crippen molar-refractivity contribution >= 4 is 5.78 Å². The minimum atomic E-state index is -1.98. The molecule has 0 aromatic carbocycles. The maximum atomic E-state index is 14.2. The molecule has 0 bridgehead atoms. The number of carbonyl (C=O) groups excluding carboxylic acids is 1. The van der Waals surface area contributed by atoms with Crippen LogP contribution in [0, 0.1) is 46.3 Å². The topological polar surface area (TPSA) is 374 Å². The van der Waals surface area contributed by atoms with E-state index in [1.165, 1.54) is 0 Å². The zero-order chi connectivity index (χ0) is 53.9. The average molecular weight is 1060 g/mol. The van der Waals surface area contributed by atoms with Crippen molar-refractivity contribution in [1.29, 1.82) is 0 Å². The lowest BCUT2D eigenvalue weighted by Crippen LogP contribution is -2.67. The number of allylic oxidation sites excluding steroid dienone is 2. The van der Waals surface area contributed by atoms with Crippen LogP contribution in [0.5, 0.6) is 0 Å². The smallest absolute Gasteiger partial charge is 0.187 e. The molecule has 14 N–H and O–H groups in total. The highest BCUT2D eigenvalue weighted by Crippen LogP contribution is 2.66. The second-order valence-corrected chi connectivity index (χ2v) is 23.0. The van der Waals surface area contributed by atoms with E-state index < -0.39 is 161 Å². The lowest BCUT2D eigenvalue weighted by molar-refractivity contribution is -0.397. The summed E-state index contributed by atoms with van der Waals surface area (Å²) in [4.78, 5) is 14.2. The van der Waals surface area contributed by atoms with Gasteiger partial charge in [-0.1, -0.05) is 45.9 Å². The lowest BCUT2D eigenvalue weighted by Gasteiger charge is -2.59. The highest BCUT2D eigenvalue weighted by Gasteiger charge is 2.64. The monoisotopic (exact) mass is 1060 g/mol. The van der Waals surface area contributed by atoms with E-state index in [1.807, 2.05) is 6.08 Å². The van der Waals surface area contributed by atoms with Gasteiger partial charge in [-0.05, 0) is 90.9 Å². The van der Waals surface area contributed by atoms with Crippen molar-refractivity contribution < 1.29 is 114 Å². The normalized spacial score (nSPS) is 50.2. The second-order valence-electron chi connectivity index (χ2n) is 23.0. The average Bonchev–Trinajstić information content (AvgIpc) is 3.65. The van der Waals surface area contributed by atoms with Gasteiger partial charge in [0.05, 0.1) is 32.5 Å². The third kappa shape index (κ3) is 10.7. The largest absolute Gasteiger partial charge is 0.396 e. The van der Waals surface area contributed by atoms with Gasteiger partial charge in [0.15, 0.2) is 25.2 Å². The summed E-state index contributed by atoms with van der Waals surface area (Å²) in [6.45, 7) is 9.62. The van der Waals surface area contributed by atoms with Gasteiger partial charge in [-0.2, -0.15) is 0 Å². The molecule has 23 heteroatoms.